The molecule has 2 heteroatoms. The third-order valence-electron chi connectivity index (χ3n) is 2.68. The molecule has 0 saturated heterocycles. The van der Waals surface area contributed by atoms with Crippen LogP contribution < -0.4 is 0 Å². The van der Waals surface area contributed by atoms with E-state index in [0.717, 1.165) is 17.5 Å². The molecule has 0 saturated carbocycles. The van der Waals surface area contributed by atoms with Crippen molar-refractivity contribution in [3.05, 3.63) is 48.0 Å². The lowest BCUT2D eigenvalue weighted by Gasteiger charge is -2.08. The van der Waals surface area contributed by atoms with Crippen molar-refractivity contribution in [2.24, 2.45) is 0 Å². The van der Waals surface area contributed by atoms with E-state index in [0.29, 0.717) is 0 Å². The average molecular weight is 214 g/mol. The highest BCUT2D eigenvalue weighted by Crippen LogP contribution is 2.32. The SMILES string of the molecule is CCc1ccccc1-c1ccc(O)c(O)c1. The number of benzene rings is 2. The molecular formula is C14H14O2. The fourth-order valence-corrected chi connectivity index (χ4v) is 1.80. The van der Waals surface area contributed by atoms with E-state index >= 15 is 0 Å². The number of hydrogen-bond donors (Lipinski definition) is 2. The van der Waals surface area contributed by atoms with Crippen LogP contribution in [0.3, 0.4) is 0 Å². The molecule has 2 aromatic carbocycles. The van der Waals surface area contributed by atoms with Gasteiger partial charge < -0.3 is 10.2 Å². The van der Waals surface area contributed by atoms with Crippen molar-refractivity contribution < 1.29 is 10.2 Å². The average Bonchev–Trinajstić information content (AvgIpc) is 2.32. The van der Waals surface area contributed by atoms with Crippen molar-refractivity contribution in [3.63, 3.8) is 0 Å². The van der Waals surface area contributed by atoms with Crippen LogP contribution in [0.2, 0.25) is 0 Å². The zero-order valence-electron chi connectivity index (χ0n) is 9.14. The van der Waals surface area contributed by atoms with E-state index in [9.17, 15) is 10.2 Å². The number of hydrogen-bond acceptors (Lipinski definition) is 2. The summed E-state index contributed by atoms with van der Waals surface area (Å²) in [7, 11) is 0. The Kier molecular flexibility index (Phi) is 2.82. The third-order valence-corrected chi connectivity index (χ3v) is 2.68. The highest BCUT2D eigenvalue weighted by molar-refractivity contribution is 5.70. The Balaban J connectivity index is 2.54. The second-order valence-electron chi connectivity index (χ2n) is 3.71. The normalized spacial score (nSPS) is 10.3. The maximum Gasteiger partial charge on any atom is 0.158 e. The van der Waals surface area contributed by atoms with E-state index in [1.54, 1.807) is 6.07 Å². The molecule has 0 aliphatic carbocycles. The van der Waals surface area contributed by atoms with Crippen molar-refractivity contribution in [2.75, 3.05) is 0 Å². The Labute approximate surface area is 94.8 Å². The molecule has 0 unspecified atom stereocenters. The van der Waals surface area contributed by atoms with Gasteiger partial charge in [-0.15, -0.1) is 0 Å². The summed E-state index contributed by atoms with van der Waals surface area (Å²) in [4.78, 5) is 0. The van der Waals surface area contributed by atoms with Gasteiger partial charge in [-0.05, 0) is 35.2 Å². The number of aromatic hydroxyl groups is 2. The molecule has 0 amide bonds. The van der Waals surface area contributed by atoms with E-state index in [1.807, 2.05) is 24.3 Å². The summed E-state index contributed by atoms with van der Waals surface area (Å²) in [5.41, 5.74) is 3.25. The standard InChI is InChI=1S/C14H14O2/c1-2-10-5-3-4-6-12(10)11-7-8-13(15)14(16)9-11/h3-9,15-16H,2H2,1H3. The van der Waals surface area contributed by atoms with Gasteiger partial charge in [-0.3, -0.25) is 0 Å². The molecule has 0 spiro atoms. The van der Waals surface area contributed by atoms with E-state index in [2.05, 4.69) is 13.0 Å². The summed E-state index contributed by atoms with van der Waals surface area (Å²) < 4.78 is 0. The van der Waals surface area contributed by atoms with Crippen molar-refractivity contribution >= 4 is 0 Å². The summed E-state index contributed by atoms with van der Waals surface area (Å²) in [6.45, 7) is 2.10. The van der Waals surface area contributed by atoms with Crippen LogP contribution in [0, 0.1) is 0 Å². The second-order valence-corrected chi connectivity index (χ2v) is 3.71. The van der Waals surface area contributed by atoms with Crippen molar-refractivity contribution in [1.82, 2.24) is 0 Å². The Hall–Kier alpha value is -1.96. The van der Waals surface area contributed by atoms with Gasteiger partial charge in [-0.1, -0.05) is 37.3 Å². The molecule has 82 valence electrons. The molecule has 0 heterocycles. The molecule has 0 aromatic heterocycles. The van der Waals surface area contributed by atoms with Gasteiger partial charge in [0.1, 0.15) is 0 Å². The Bertz CT molecular complexity index is 504. The predicted molar refractivity (Wildman–Crippen MR) is 64.6 cm³/mol. The number of aryl methyl sites for hydroxylation is 1. The first-order chi connectivity index (χ1) is 7.72. The summed E-state index contributed by atoms with van der Waals surface area (Å²) in [6.07, 6.45) is 0.942. The van der Waals surface area contributed by atoms with Crippen molar-refractivity contribution in [2.45, 2.75) is 13.3 Å². The highest BCUT2D eigenvalue weighted by Gasteiger charge is 2.05. The van der Waals surface area contributed by atoms with Gasteiger partial charge in [0.05, 0.1) is 0 Å². The van der Waals surface area contributed by atoms with E-state index < -0.39 is 0 Å². The van der Waals surface area contributed by atoms with Crippen LogP contribution in [-0.2, 0) is 6.42 Å². The molecule has 0 fully saturated rings. The van der Waals surface area contributed by atoms with Crippen LogP contribution in [0.15, 0.2) is 42.5 Å². The summed E-state index contributed by atoms with van der Waals surface area (Å²) in [5.74, 6) is -0.166. The molecule has 0 radical (unpaired) electrons. The lowest BCUT2D eigenvalue weighted by atomic mass is 9.98. The zero-order valence-corrected chi connectivity index (χ0v) is 9.14. The Morgan fingerprint density at radius 2 is 1.69 bits per heavy atom. The molecule has 0 aliphatic heterocycles. The molecule has 2 N–H and O–H groups in total. The minimum atomic E-state index is -0.0854. The van der Waals surface area contributed by atoms with Gasteiger partial charge in [0.2, 0.25) is 0 Å². The zero-order chi connectivity index (χ0) is 11.5. The van der Waals surface area contributed by atoms with Crippen LogP contribution in [-0.4, -0.2) is 10.2 Å². The minimum Gasteiger partial charge on any atom is -0.504 e. The maximum absolute atomic E-state index is 9.48. The monoisotopic (exact) mass is 214 g/mol. The second kappa shape index (κ2) is 4.27. The molecule has 0 aliphatic rings. The fraction of sp³-hybridized carbons (Fsp3) is 0.143. The third kappa shape index (κ3) is 1.87. The van der Waals surface area contributed by atoms with Gasteiger partial charge in [0, 0.05) is 0 Å². The van der Waals surface area contributed by atoms with Crippen LogP contribution in [0.25, 0.3) is 11.1 Å². The largest absolute Gasteiger partial charge is 0.504 e. The minimum absolute atomic E-state index is 0.0802. The summed E-state index contributed by atoms with van der Waals surface area (Å²) in [6, 6.07) is 13.0. The van der Waals surface area contributed by atoms with Gasteiger partial charge in [-0.2, -0.15) is 0 Å². The molecule has 2 nitrogen and oxygen atoms in total. The van der Waals surface area contributed by atoms with Gasteiger partial charge in [-0.25, -0.2) is 0 Å². The van der Waals surface area contributed by atoms with E-state index in [-0.39, 0.29) is 11.5 Å². The van der Waals surface area contributed by atoms with Crippen LogP contribution in [0.5, 0.6) is 11.5 Å². The number of phenolic OH excluding ortho intramolecular Hbond substituents is 2. The quantitative estimate of drug-likeness (QED) is 0.753. The van der Waals surface area contributed by atoms with Crippen molar-refractivity contribution in [1.29, 1.82) is 0 Å². The first-order valence-corrected chi connectivity index (χ1v) is 5.32. The lowest BCUT2D eigenvalue weighted by Crippen LogP contribution is -1.86. The lowest BCUT2D eigenvalue weighted by molar-refractivity contribution is 0.404. The summed E-state index contributed by atoms with van der Waals surface area (Å²) in [5, 5.41) is 18.7. The molecule has 0 bridgehead atoms. The predicted octanol–water partition coefficient (Wildman–Crippen LogP) is 3.33. The topological polar surface area (TPSA) is 40.5 Å². The van der Waals surface area contributed by atoms with E-state index in [1.165, 1.54) is 11.6 Å². The molecular weight excluding hydrogens is 200 g/mol. The van der Waals surface area contributed by atoms with Crippen LogP contribution >= 0.6 is 0 Å². The molecule has 0 atom stereocenters. The van der Waals surface area contributed by atoms with Crippen LogP contribution in [0.4, 0.5) is 0 Å². The first kappa shape index (κ1) is 10.6. The highest BCUT2D eigenvalue weighted by atomic mass is 16.3. The maximum atomic E-state index is 9.48. The van der Waals surface area contributed by atoms with Crippen LogP contribution in [0.1, 0.15) is 12.5 Å². The smallest absolute Gasteiger partial charge is 0.158 e. The Morgan fingerprint density at radius 1 is 0.938 bits per heavy atom. The van der Waals surface area contributed by atoms with Gasteiger partial charge in [0.15, 0.2) is 11.5 Å². The summed E-state index contributed by atoms with van der Waals surface area (Å²) >= 11 is 0. The first-order valence-electron chi connectivity index (χ1n) is 5.32. The number of phenols is 2. The number of rotatable bonds is 2. The Morgan fingerprint density at radius 3 is 2.38 bits per heavy atom. The molecule has 2 rings (SSSR count). The van der Waals surface area contributed by atoms with E-state index in [4.69, 9.17) is 0 Å². The van der Waals surface area contributed by atoms with Crippen molar-refractivity contribution in [3.8, 4) is 22.6 Å². The molecule has 16 heavy (non-hydrogen) atoms. The van der Waals surface area contributed by atoms with Gasteiger partial charge >= 0.3 is 0 Å². The molecule has 2 aromatic rings. The fourth-order valence-electron chi connectivity index (χ4n) is 1.80. The van der Waals surface area contributed by atoms with Gasteiger partial charge in [0.25, 0.3) is 0 Å².